The average Bonchev–Trinajstić information content (AvgIpc) is 0.895. The lowest BCUT2D eigenvalue weighted by atomic mass is 9.82. The fourth-order valence-electron chi connectivity index (χ4n) is 7.79. The van der Waals surface area contributed by atoms with E-state index in [0.29, 0.717) is 25.2 Å². The first-order valence-electron chi connectivity index (χ1n) is 32.3. The molecule has 2 aromatic rings. The van der Waals surface area contributed by atoms with E-state index < -0.39 is 91.0 Å². The van der Waals surface area contributed by atoms with Crippen LogP contribution in [0, 0.1) is 16.7 Å². The average molecular weight is 1440 g/mol. The second-order valence-corrected chi connectivity index (χ2v) is 34.5. The molecule has 5 atom stereocenters. The number of benzene rings is 2. The Morgan fingerprint density at radius 2 is 1.06 bits per heavy atom. The summed E-state index contributed by atoms with van der Waals surface area (Å²) in [5, 5.41) is -0.129. The fourth-order valence-corrected chi connectivity index (χ4v) is 13.2. The highest BCUT2D eigenvalue weighted by atomic mass is 32.2. The van der Waals surface area contributed by atoms with E-state index in [0.717, 1.165) is 49.7 Å². The fraction of sp³-hybridized carbons (Fsp3) is 0.754. The lowest BCUT2D eigenvalue weighted by Gasteiger charge is -2.24. The maximum atomic E-state index is 12.3. The summed E-state index contributed by atoms with van der Waals surface area (Å²) in [6.45, 7) is 33.0. The summed E-state index contributed by atoms with van der Waals surface area (Å²) in [6.07, 6.45) is 7.90. The third-order valence-corrected chi connectivity index (χ3v) is 22.4. The number of carbonyl (C=O) groups is 4. The molecule has 0 N–H and O–H groups in total. The van der Waals surface area contributed by atoms with Gasteiger partial charge in [-0.25, -0.2) is 0 Å². The zero-order valence-corrected chi connectivity index (χ0v) is 63.4. The lowest BCUT2D eigenvalue weighted by Crippen LogP contribution is -2.33. The highest BCUT2D eigenvalue weighted by Crippen LogP contribution is 2.30. The number of imide groups is 1. The number of nitrogens with zero attached hydrogens (tertiary/aromatic N) is 1. The zero-order chi connectivity index (χ0) is 72.5. The minimum Gasteiger partial charge on any atom is -0.465 e. The van der Waals surface area contributed by atoms with Crippen LogP contribution in [0.25, 0.3) is 0 Å². The van der Waals surface area contributed by atoms with E-state index >= 15 is 0 Å². The van der Waals surface area contributed by atoms with Crippen molar-refractivity contribution in [3.8, 4) is 0 Å². The molecular weight excluding hydrogens is 1320 g/mol. The van der Waals surface area contributed by atoms with Crippen LogP contribution in [-0.4, -0.2) is 153 Å². The molecule has 0 spiro atoms. The van der Waals surface area contributed by atoms with Crippen molar-refractivity contribution in [1.82, 2.24) is 5.06 Å². The first kappa shape index (κ1) is 90.0. The minimum atomic E-state index is -4.06. The van der Waals surface area contributed by atoms with Gasteiger partial charge in [0, 0.05) is 27.1 Å². The van der Waals surface area contributed by atoms with E-state index in [4.69, 9.17) is 35.7 Å². The quantitative estimate of drug-likeness (QED) is 0.0272. The van der Waals surface area contributed by atoms with E-state index in [1.54, 1.807) is 65.8 Å². The van der Waals surface area contributed by atoms with Crippen molar-refractivity contribution in [2.75, 3.05) is 58.8 Å². The molecule has 5 unspecified atom stereocenters. The highest BCUT2D eigenvalue weighted by molar-refractivity contribution is 7.88. The number of hydroxylamine groups is 2. The van der Waals surface area contributed by atoms with Gasteiger partial charge in [0.05, 0.1) is 89.2 Å². The van der Waals surface area contributed by atoms with Crippen LogP contribution in [0.5, 0.6) is 0 Å². The largest absolute Gasteiger partial charge is 0.465 e. The van der Waals surface area contributed by atoms with Gasteiger partial charge in [-0.2, -0.15) is 42.1 Å². The standard InChI is InChI=1S/C17H26O3S.C14H22O4S.C13H26O6S.C12H19NO7S.C9H20O3S/c1-4-17(2,3)14-10-12-16(13-11-14)21(18,19)20-15-8-6-5-7-9-15;1-5-11(2)13-6-8-14(9-7-13)19(15,16)18-12(3)10-17-4;1-6-13(3,4)12(14)18-8-7-9-20(15,16)19-11(2)10-17-5;1-3-9(2)12(16)19-7-4-8-21(17,18)20-13-10(14)5-6-11(13)15;1-6-8(2)13(10,11)12-7-9(3,4)5/h10-13,15H,4-9H2,1-3H3;6-9,11-12H,5,10H2,1-4H3;11H,6-10H2,1-5H3;9H,3-8H2,1-2H3;8H,6-7H2,1-5H3. The van der Waals surface area contributed by atoms with Gasteiger partial charge in [0.25, 0.3) is 62.4 Å². The first-order chi connectivity index (χ1) is 43.3. The van der Waals surface area contributed by atoms with Gasteiger partial charge in [0.2, 0.25) is 0 Å². The Hall–Kier alpha value is -4.01. The maximum absolute atomic E-state index is 12.3. The number of hydrogen-bond acceptors (Lipinski definition) is 23. The predicted molar refractivity (Wildman–Crippen MR) is 361 cm³/mol. The predicted octanol–water partition coefficient (Wildman–Crippen LogP) is 11.6. The zero-order valence-electron chi connectivity index (χ0n) is 59.3. The Balaban J connectivity index is 0.00000116. The van der Waals surface area contributed by atoms with Crippen molar-refractivity contribution in [3.63, 3.8) is 0 Å². The summed E-state index contributed by atoms with van der Waals surface area (Å²) in [5.74, 6) is -2.49. The number of ether oxygens (including phenoxy) is 4. The maximum Gasteiger partial charge on any atom is 0.311 e. The Morgan fingerprint density at radius 1 is 0.585 bits per heavy atom. The van der Waals surface area contributed by atoms with Crippen LogP contribution in [0.2, 0.25) is 0 Å². The highest BCUT2D eigenvalue weighted by Gasteiger charge is 2.35. The van der Waals surface area contributed by atoms with Gasteiger partial charge in [0.15, 0.2) is 0 Å². The van der Waals surface area contributed by atoms with Gasteiger partial charge in [-0.1, -0.05) is 127 Å². The van der Waals surface area contributed by atoms with E-state index in [1.165, 1.54) is 20.6 Å². The molecule has 2 amide bonds. The summed E-state index contributed by atoms with van der Waals surface area (Å²) in [7, 11) is -15.4. The topological polar surface area (TPSA) is 325 Å². The van der Waals surface area contributed by atoms with E-state index in [9.17, 15) is 61.3 Å². The van der Waals surface area contributed by atoms with Crippen LogP contribution in [0.4, 0.5) is 0 Å². The molecule has 546 valence electrons. The van der Waals surface area contributed by atoms with Crippen LogP contribution >= 0.6 is 0 Å². The first-order valence-corrected chi connectivity index (χ1v) is 39.8. The van der Waals surface area contributed by atoms with Crippen LogP contribution in [0.1, 0.15) is 225 Å². The summed E-state index contributed by atoms with van der Waals surface area (Å²) >= 11 is 0. The molecule has 0 radical (unpaired) electrons. The molecule has 94 heavy (non-hydrogen) atoms. The molecule has 1 aliphatic carbocycles. The molecular formula is C65H113NO23S5. The second kappa shape index (κ2) is 42.7. The molecule has 0 bridgehead atoms. The molecule has 0 aromatic heterocycles. The monoisotopic (exact) mass is 1440 g/mol. The number of esters is 2. The van der Waals surface area contributed by atoms with Gasteiger partial charge >= 0.3 is 11.9 Å². The smallest absolute Gasteiger partial charge is 0.311 e. The van der Waals surface area contributed by atoms with Crippen LogP contribution < -0.4 is 0 Å². The van der Waals surface area contributed by atoms with Crippen molar-refractivity contribution < 1.29 is 101 Å². The molecule has 1 aliphatic heterocycles. The van der Waals surface area contributed by atoms with Gasteiger partial charge < -0.3 is 18.9 Å². The number of amides is 2. The Bertz CT molecular complexity index is 3120. The van der Waals surface area contributed by atoms with Gasteiger partial charge in [-0.05, 0) is 145 Å². The number of rotatable bonds is 34. The number of hydrogen-bond donors (Lipinski definition) is 0. The Morgan fingerprint density at radius 3 is 1.52 bits per heavy atom. The third-order valence-electron chi connectivity index (χ3n) is 15.3. The summed E-state index contributed by atoms with van der Waals surface area (Å²) in [5.41, 5.74) is 1.70. The van der Waals surface area contributed by atoms with Gasteiger partial charge in [-0.15, -0.1) is 9.35 Å². The molecule has 1 saturated carbocycles. The Kier molecular flexibility index (Phi) is 40.9. The van der Waals surface area contributed by atoms with Crippen molar-refractivity contribution >= 4 is 74.3 Å². The van der Waals surface area contributed by atoms with Crippen molar-refractivity contribution in [2.45, 2.75) is 252 Å². The number of methoxy groups -OCH3 is 2. The van der Waals surface area contributed by atoms with Gasteiger partial charge in [0.1, 0.15) is 0 Å². The molecule has 2 fully saturated rings. The number of carbonyl (C=O) groups excluding carboxylic acids is 4. The lowest BCUT2D eigenvalue weighted by molar-refractivity contribution is -0.163. The molecule has 1 saturated heterocycles. The van der Waals surface area contributed by atoms with E-state index in [1.807, 2.05) is 65.8 Å². The van der Waals surface area contributed by atoms with Crippen molar-refractivity contribution in [1.29, 1.82) is 0 Å². The summed E-state index contributed by atoms with van der Waals surface area (Å²) < 4.78 is 162. The van der Waals surface area contributed by atoms with Gasteiger partial charge in [-0.3, -0.25) is 35.9 Å². The van der Waals surface area contributed by atoms with Crippen LogP contribution in [-0.2, 0) is 115 Å². The summed E-state index contributed by atoms with van der Waals surface area (Å²) in [6, 6.07) is 14.0. The van der Waals surface area contributed by atoms with E-state index in [-0.39, 0.29) is 114 Å². The van der Waals surface area contributed by atoms with E-state index in [2.05, 4.69) is 38.9 Å². The van der Waals surface area contributed by atoms with Crippen molar-refractivity contribution in [3.05, 3.63) is 59.7 Å². The van der Waals surface area contributed by atoms with Crippen molar-refractivity contribution in [2.24, 2.45) is 16.7 Å². The normalized spacial score (nSPS) is 16.1. The molecule has 29 heteroatoms. The molecule has 2 aromatic carbocycles. The Labute approximate surface area is 564 Å². The summed E-state index contributed by atoms with van der Waals surface area (Å²) in [4.78, 5) is 45.9. The third kappa shape index (κ3) is 36.0. The molecule has 24 nitrogen and oxygen atoms in total. The van der Waals surface area contributed by atoms with Crippen LogP contribution in [0.15, 0.2) is 58.3 Å². The molecule has 4 rings (SSSR count). The second-order valence-electron chi connectivity index (χ2n) is 25.9. The SMILES string of the molecule is CCC(C)(C)C(=O)OCCCS(=O)(=O)OC(C)COC.CCC(C)(C)c1ccc(S(=O)(=O)OC2CCCCC2)cc1.CCC(C)C(=O)OCCCS(=O)(=O)ON1C(=O)CCC1=O.CCC(C)S(=O)(=O)OCC(C)(C)C.CCC(C)c1ccc(S(=O)(=O)OC(C)COC)cc1. The van der Waals surface area contributed by atoms with Crippen LogP contribution in [0.3, 0.4) is 0 Å². The molecule has 1 heterocycles. The molecule has 2 aliphatic rings. The minimum absolute atomic E-state index is 0.0285.